The van der Waals surface area contributed by atoms with E-state index in [1.54, 1.807) is 4.57 Å². The van der Waals surface area contributed by atoms with Crippen LogP contribution >= 0.6 is 0 Å². The second-order valence-corrected chi connectivity index (χ2v) is 6.83. The van der Waals surface area contributed by atoms with Crippen molar-refractivity contribution in [2.24, 2.45) is 0 Å². The van der Waals surface area contributed by atoms with Gasteiger partial charge in [-0.25, -0.2) is 0 Å². The van der Waals surface area contributed by atoms with Crippen molar-refractivity contribution in [1.82, 2.24) is 4.57 Å². The third-order valence-electron chi connectivity index (χ3n) is 5.34. The maximum Gasteiger partial charge on any atom is 0.218 e. The fourth-order valence-electron chi connectivity index (χ4n) is 4.02. The number of hydrogen-bond acceptors (Lipinski definition) is 3. The number of carbonyl (C=O) groups is 2. The van der Waals surface area contributed by atoms with Crippen LogP contribution in [-0.2, 0) is 9.59 Å². The second-order valence-electron chi connectivity index (χ2n) is 6.83. The molecule has 1 aliphatic heterocycles. The summed E-state index contributed by atoms with van der Waals surface area (Å²) in [5, 5.41) is 4.58. The minimum absolute atomic E-state index is 0.0276. The molecule has 0 fully saturated rings. The molecule has 4 heteroatoms. The Morgan fingerprint density at radius 1 is 1.16 bits per heavy atom. The van der Waals surface area contributed by atoms with Crippen molar-refractivity contribution in [2.75, 3.05) is 5.32 Å². The van der Waals surface area contributed by atoms with Gasteiger partial charge in [0, 0.05) is 29.2 Å². The zero-order chi connectivity index (χ0) is 17.6. The SMILES string of the molecule is Cc1ccc2c(c1)C(C=O)C(C(C)c1cn(C=O)c3ccccc13)N2. The van der Waals surface area contributed by atoms with Gasteiger partial charge in [-0.3, -0.25) is 9.36 Å². The van der Waals surface area contributed by atoms with E-state index in [0.29, 0.717) is 0 Å². The molecule has 0 saturated carbocycles. The van der Waals surface area contributed by atoms with Crippen LogP contribution < -0.4 is 5.32 Å². The van der Waals surface area contributed by atoms with Gasteiger partial charge in [-0.15, -0.1) is 0 Å². The summed E-state index contributed by atoms with van der Waals surface area (Å²) in [6.45, 7) is 4.15. The first-order valence-corrected chi connectivity index (χ1v) is 8.51. The number of fused-ring (bicyclic) bond motifs is 2. The van der Waals surface area contributed by atoms with Crippen LogP contribution in [0.3, 0.4) is 0 Å². The molecule has 4 rings (SSSR count). The van der Waals surface area contributed by atoms with Crippen molar-refractivity contribution >= 4 is 29.3 Å². The van der Waals surface area contributed by atoms with Crippen LogP contribution in [0.15, 0.2) is 48.7 Å². The van der Waals surface area contributed by atoms with E-state index < -0.39 is 0 Å². The lowest BCUT2D eigenvalue weighted by molar-refractivity contribution is -0.109. The topological polar surface area (TPSA) is 51.1 Å². The predicted molar refractivity (Wildman–Crippen MR) is 99.9 cm³/mol. The summed E-state index contributed by atoms with van der Waals surface area (Å²) in [6, 6.07) is 14.0. The Bertz CT molecular complexity index is 973. The smallest absolute Gasteiger partial charge is 0.218 e. The summed E-state index contributed by atoms with van der Waals surface area (Å²) < 4.78 is 1.61. The largest absolute Gasteiger partial charge is 0.380 e. The van der Waals surface area contributed by atoms with Gasteiger partial charge >= 0.3 is 0 Å². The van der Waals surface area contributed by atoms with Crippen molar-refractivity contribution in [3.05, 3.63) is 65.4 Å². The Balaban J connectivity index is 1.78. The average Bonchev–Trinajstić information content (AvgIpc) is 3.18. The molecule has 25 heavy (non-hydrogen) atoms. The van der Waals surface area contributed by atoms with Crippen molar-refractivity contribution in [3.63, 3.8) is 0 Å². The molecule has 0 aliphatic carbocycles. The van der Waals surface area contributed by atoms with Crippen LogP contribution in [0.5, 0.6) is 0 Å². The maximum atomic E-state index is 11.9. The number of para-hydroxylation sites is 1. The highest BCUT2D eigenvalue weighted by Gasteiger charge is 2.37. The monoisotopic (exact) mass is 332 g/mol. The first-order valence-electron chi connectivity index (χ1n) is 8.51. The molecule has 2 aromatic carbocycles. The third-order valence-corrected chi connectivity index (χ3v) is 5.34. The number of carbonyl (C=O) groups excluding carboxylic acids is 2. The molecule has 1 aliphatic rings. The first-order chi connectivity index (χ1) is 12.1. The number of aryl methyl sites for hydroxylation is 1. The molecule has 3 unspecified atom stereocenters. The third kappa shape index (κ3) is 2.37. The summed E-state index contributed by atoms with van der Waals surface area (Å²) in [5.74, 6) is -0.114. The Morgan fingerprint density at radius 3 is 2.72 bits per heavy atom. The van der Waals surface area contributed by atoms with Gasteiger partial charge < -0.3 is 10.1 Å². The molecule has 0 saturated heterocycles. The number of hydrogen-bond donors (Lipinski definition) is 1. The Morgan fingerprint density at radius 2 is 1.96 bits per heavy atom. The highest BCUT2D eigenvalue weighted by atomic mass is 16.1. The van der Waals surface area contributed by atoms with Crippen LogP contribution in [-0.4, -0.2) is 23.3 Å². The van der Waals surface area contributed by atoms with E-state index in [4.69, 9.17) is 0 Å². The summed E-state index contributed by atoms with van der Waals surface area (Å²) in [5.41, 5.74) is 5.22. The van der Waals surface area contributed by atoms with Gasteiger partial charge in [0.15, 0.2) is 0 Å². The summed E-state index contributed by atoms with van der Waals surface area (Å²) in [4.78, 5) is 23.3. The highest BCUT2D eigenvalue weighted by molar-refractivity contribution is 5.89. The molecule has 0 bridgehead atoms. The number of rotatable bonds is 4. The van der Waals surface area contributed by atoms with Gasteiger partial charge in [0.2, 0.25) is 6.41 Å². The zero-order valence-corrected chi connectivity index (χ0v) is 14.3. The zero-order valence-electron chi connectivity index (χ0n) is 14.3. The van der Waals surface area contributed by atoms with Gasteiger partial charge in [0.05, 0.1) is 11.4 Å². The molecule has 1 aromatic heterocycles. The van der Waals surface area contributed by atoms with Gasteiger partial charge in [0.1, 0.15) is 6.29 Å². The molecule has 0 radical (unpaired) electrons. The lowest BCUT2D eigenvalue weighted by atomic mass is 9.84. The molecule has 1 N–H and O–H groups in total. The minimum atomic E-state index is -0.191. The number of aromatic nitrogens is 1. The van der Waals surface area contributed by atoms with Crippen molar-refractivity contribution in [3.8, 4) is 0 Å². The molecule has 126 valence electrons. The summed E-state index contributed by atoms with van der Waals surface area (Å²) >= 11 is 0. The fourth-order valence-corrected chi connectivity index (χ4v) is 4.02. The van der Waals surface area contributed by atoms with E-state index in [1.165, 1.54) is 0 Å². The normalized spacial score (nSPS) is 20.1. The molecule has 2 heterocycles. The average molecular weight is 332 g/mol. The number of aldehydes is 1. The van der Waals surface area contributed by atoms with Crippen LogP contribution in [0.4, 0.5) is 5.69 Å². The highest BCUT2D eigenvalue weighted by Crippen LogP contribution is 2.42. The number of anilines is 1. The van der Waals surface area contributed by atoms with E-state index in [-0.39, 0.29) is 17.9 Å². The molecule has 3 atom stereocenters. The van der Waals surface area contributed by atoms with Crippen molar-refractivity contribution in [2.45, 2.75) is 31.7 Å². The summed E-state index contributed by atoms with van der Waals surface area (Å²) in [7, 11) is 0. The molecular weight excluding hydrogens is 312 g/mol. The van der Waals surface area contributed by atoms with Crippen molar-refractivity contribution in [1.29, 1.82) is 0 Å². The Labute approximate surface area is 146 Å². The molecule has 0 spiro atoms. The van der Waals surface area contributed by atoms with Gasteiger partial charge in [-0.05, 0) is 30.2 Å². The number of benzene rings is 2. The molecule has 3 aromatic rings. The fraction of sp³-hybridized carbons (Fsp3) is 0.238. The number of nitrogens with one attached hydrogen (secondary N) is 1. The van der Waals surface area contributed by atoms with Crippen LogP contribution in [0.25, 0.3) is 10.9 Å². The van der Waals surface area contributed by atoms with Crippen molar-refractivity contribution < 1.29 is 9.59 Å². The molecule has 0 amide bonds. The van der Waals surface area contributed by atoms with Crippen LogP contribution in [0.1, 0.15) is 35.4 Å². The standard InChI is InChI=1S/C21H20N2O2/c1-13-7-8-19-16(9-13)18(11-24)21(22-19)14(2)17-10-23(12-25)20-6-4-3-5-15(17)20/h3-12,14,18,21-22H,1-2H3. The van der Waals surface area contributed by atoms with E-state index in [0.717, 1.165) is 46.0 Å². The Hall–Kier alpha value is -2.88. The molecule has 4 nitrogen and oxygen atoms in total. The lowest BCUT2D eigenvalue weighted by Gasteiger charge is -2.23. The van der Waals surface area contributed by atoms with E-state index in [9.17, 15) is 9.59 Å². The quantitative estimate of drug-likeness (QED) is 0.738. The van der Waals surface area contributed by atoms with Crippen LogP contribution in [0, 0.1) is 6.92 Å². The molecular formula is C21H20N2O2. The minimum Gasteiger partial charge on any atom is -0.380 e. The van der Waals surface area contributed by atoms with Gasteiger partial charge in [0.25, 0.3) is 0 Å². The first kappa shape index (κ1) is 15.6. The Kier molecular flexibility index (Phi) is 3.68. The lowest BCUT2D eigenvalue weighted by Crippen LogP contribution is -2.27. The summed E-state index contributed by atoms with van der Waals surface area (Å²) in [6.07, 6.45) is 3.76. The second kappa shape index (κ2) is 5.88. The number of nitrogens with zero attached hydrogens (tertiary/aromatic N) is 1. The van der Waals surface area contributed by atoms with E-state index >= 15 is 0 Å². The predicted octanol–water partition coefficient (Wildman–Crippen LogP) is 3.87. The van der Waals surface area contributed by atoms with Gasteiger partial charge in [-0.2, -0.15) is 0 Å². The van der Waals surface area contributed by atoms with Gasteiger partial charge in [-0.1, -0.05) is 42.8 Å². The van der Waals surface area contributed by atoms with E-state index in [2.05, 4.69) is 24.4 Å². The maximum absolute atomic E-state index is 11.9. The van der Waals surface area contributed by atoms with Crippen LogP contribution in [0.2, 0.25) is 0 Å². The van der Waals surface area contributed by atoms with E-state index in [1.807, 2.05) is 43.5 Å².